The lowest BCUT2D eigenvalue weighted by Crippen LogP contribution is -2.31. The third-order valence-corrected chi connectivity index (χ3v) is 13.4. The summed E-state index contributed by atoms with van der Waals surface area (Å²) in [6, 6.07) is 0. The van der Waals surface area contributed by atoms with Gasteiger partial charge in [-0.2, -0.15) is 4.98 Å². The number of nitrogens with one attached hydrogen (secondary N) is 1. The van der Waals surface area contributed by atoms with Crippen molar-refractivity contribution in [1.29, 1.82) is 0 Å². The molecule has 3 fully saturated rings. The Morgan fingerprint density at radius 2 is 1.18 bits per heavy atom. The van der Waals surface area contributed by atoms with E-state index < -0.39 is 94.1 Å². The number of nitrogens with zero attached hydrogens (tertiary/aromatic N) is 11. The summed E-state index contributed by atoms with van der Waals surface area (Å²) in [5, 5.41) is 21.0. The van der Waals surface area contributed by atoms with Gasteiger partial charge in [-0.15, -0.1) is 0 Å². The highest BCUT2D eigenvalue weighted by atomic mass is 32.5. The Bertz CT molecular complexity index is 2760. The van der Waals surface area contributed by atoms with Gasteiger partial charge in [0.2, 0.25) is 5.95 Å². The molecule has 61 heavy (non-hydrogen) atoms. The van der Waals surface area contributed by atoms with Crippen molar-refractivity contribution in [2.24, 2.45) is 0 Å². The van der Waals surface area contributed by atoms with Gasteiger partial charge in [-0.25, -0.2) is 34.9 Å². The van der Waals surface area contributed by atoms with Gasteiger partial charge in [-0.05, 0) is 23.6 Å². The summed E-state index contributed by atoms with van der Waals surface area (Å²) < 4.78 is 46.3. The minimum Gasteiger partial charge on any atom is -0.394 e. The largest absolute Gasteiger partial charge is 0.394 e. The number of hydrogen-bond acceptors (Lipinski definition) is 23. The lowest BCUT2D eigenvalue weighted by atomic mass is 10.2. The van der Waals surface area contributed by atoms with E-state index in [-0.39, 0.29) is 48.0 Å². The smallest absolute Gasteiger partial charge is 0.324 e. The molecule has 0 aliphatic carbocycles. The van der Waals surface area contributed by atoms with E-state index in [0.717, 1.165) is 0 Å². The molecule has 0 spiro atoms. The predicted octanol–water partition coefficient (Wildman–Crippen LogP) is -1.00. The summed E-state index contributed by atoms with van der Waals surface area (Å²) >= 11 is 10.8. The first kappa shape index (κ1) is 42.0. The molecule has 0 radical (unpaired) electrons. The van der Waals surface area contributed by atoms with Gasteiger partial charge in [-0.1, -0.05) is 0 Å². The molecule has 6 aromatic heterocycles. The summed E-state index contributed by atoms with van der Waals surface area (Å²) in [6.45, 7) is -9.54. The molecule has 9 rings (SSSR count). The van der Waals surface area contributed by atoms with E-state index in [1.54, 1.807) is 9.13 Å². The quantitative estimate of drug-likeness (QED) is 0.0607. The van der Waals surface area contributed by atoms with Crippen molar-refractivity contribution in [2.45, 2.75) is 74.6 Å². The van der Waals surface area contributed by atoms with Crippen molar-refractivity contribution in [3.05, 3.63) is 42.0 Å². The molecule has 0 saturated carbocycles. The predicted molar refractivity (Wildman–Crippen MR) is 215 cm³/mol. The first-order valence-electron chi connectivity index (χ1n) is 18.3. The number of rotatable bonds is 14. The van der Waals surface area contributed by atoms with Crippen molar-refractivity contribution in [3.63, 3.8) is 0 Å². The molecule has 11 N–H and O–H groups in total. The van der Waals surface area contributed by atoms with E-state index in [1.165, 1.54) is 36.2 Å². The van der Waals surface area contributed by atoms with E-state index in [9.17, 15) is 24.8 Å². The van der Waals surface area contributed by atoms with Crippen molar-refractivity contribution in [1.82, 2.24) is 58.6 Å². The van der Waals surface area contributed by atoms with Gasteiger partial charge in [0.15, 0.2) is 34.1 Å². The minimum atomic E-state index is -4.14. The fraction of sp³-hybridized carbons (Fsp3) is 0.500. The Labute approximate surface area is 351 Å². The molecule has 11 atom stereocenters. The zero-order valence-corrected chi connectivity index (χ0v) is 34.7. The molecule has 6 aromatic rings. The number of aromatic amines is 1. The zero-order valence-electron chi connectivity index (χ0n) is 31.2. The number of fused-ring (bicyclic) bond motifs is 3. The summed E-state index contributed by atoms with van der Waals surface area (Å²) in [5.74, 6) is 0.185. The van der Waals surface area contributed by atoms with Crippen LogP contribution in [0.15, 0.2) is 36.4 Å². The molecule has 0 bridgehead atoms. The first-order chi connectivity index (χ1) is 29.2. The van der Waals surface area contributed by atoms with Gasteiger partial charge < -0.3 is 69.5 Å². The molecule has 27 nitrogen and oxygen atoms in total. The molecule has 9 heterocycles. The van der Waals surface area contributed by atoms with Crippen LogP contribution >= 0.6 is 13.4 Å². The van der Waals surface area contributed by atoms with Crippen molar-refractivity contribution >= 4 is 88.1 Å². The van der Waals surface area contributed by atoms with E-state index >= 15 is 0 Å². The Hall–Kier alpha value is -4.29. The lowest BCUT2D eigenvalue weighted by molar-refractivity contribution is -0.0535. The molecule has 2 unspecified atom stereocenters. The number of imidazole rings is 3. The summed E-state index contributed by atoms with van der Waals surface area (Å²) in [7, 11) is 0. The van der Waals surface area contributed by atoms with E-state index in [2.05, 4.69) is 44.9 Å². The molecule has 31 heteroatoms. The van der Waals surface area contributed by atoms with Crippen LogP contribution in [0.3, 0.4) is 0 Å². The number of anilines is 3. The maximum atomic E-state index is 12.3. The standard InChI is InChI=1S/C30H37N15O12P2S2/c31-24-21-26(36-7-34-24)43(9-38-21)19-2-13(15(4-46)53-19)56-59(50,61)52-6-17-14(3-20(55-17)44-10-39-22-25(32)35-8-37-27(22)44)57-58(49,60)51-5-16-12(47)1-18(54-16)45-11-40-23-28(45)41-30(33)42-29(23)48/h7-20,46-47H,1-6H2,(H,49,60)(H,50,61)(H2,31,34,36)(H2,32,35,37)(H3,33,41,42,48)/t12-,13-,14-,15+,16+,17+,18+,19+,20+,58?,59?/m0/s1. The number of nitrogen functional groups attached to an aromatic ring is 3. The van der Waals surface area contributed by atoms with E-state index in [1.807, 2.05) is 0 Å². The SMILES string of the molecule is Nc1nc2c(ncn2[C@H]2C[C@H](O)[C@@H](COP(O)(=S)O[C@H]3C[C@H](n4cnc5c(N)ncnc54)O[C@@H]3COP(O)(=S)O[C@H]3C[C@H](n4cnc5c(N)ncnc54)O[C@@H]3CO)O2)c(=O)[nH]1. The molecule has 0 amide bonds. The van der Waals surface area contributed by atoms with Crippen LogP contribution in [0.25, 0.3) is 33.5 Å². The average Bonchev–Trinajstić information content (AvgIpc) is 4.06. The first-order valence-corrected chi connectivity index (χ1v) is 23.5. The molecular weight excluding hydrogens is 889 g/mol. The highest BCUT2D eigenvalue weighted by molar-refractivity contribution is 8.07. The Morgan fingerprint density at radius 3 is 1.75 bits per heavy atom. The van der Waals surface area contributed by atoms with Gasteiger partial charge >= 0.3 is 13.4 Å². The molecule has 0 aromatic carbocycles. The second-order valence-electron chi connectivity index (χ2n) is 14.1. The number of aliphatic hydroxyl groups is 2. The molecule has 3 aliphatic rings. The highest BCUT2D eigenvalue weighted by Crippen LogP contribution is 2.52. The Morgan fingerprint density at radius 1 is 0.705 bits per heavy atom. The molecule has 3 saturated heterocycles. The van der Waals surface area contributed by atoms with Crippen LogP contribution in [-0.4, -0.2) is 135 Å². The zero-order chi connectivity index (χ0) is 42.8. The number of ether oxygens (including phenoxy) is 3. The van der Waals surface area contributed by atoms with Crippen LogP contribution in [0.4, 0.5) is 17.6 Å². The second-order valence-corrected chi connectivity index (χ2v) is 19.7. The van der Waals surface area contributed by atoms with Crippen molar-refractivity contribution in [2.75, 3.05) is 37.0 Å². The van der Waals surface area contributed by atoms with Crippen molar-refractivity contribution in [3.8, 4) is 0 Å². The number of hydrogen-bond donors (Lipinski definition) is 8. The Balaban J connectivity index is 0.878. The van der Waals surface area contributed by atoms with Crippen molar-refractivity contribution < 1.29 is 52.3 Å². The normalized spacial score (nSPS) is 28.9. The fourth-order valence-corrected chi connectivity index (χ4v) is 10.3. The summed E-state index contributed by atoms with van der Waals surface area (Å²) in [5.41, 5.74) is 18.7. The molecular formula is C30H37N15O12P2S2. The second kappa shape index (κ2) is 16.4. The fourth-order valence-electron chi connectivity index (χ4n) is 7.37. The monoisotopic (exact) mass is 925 g/mol. The van der Waals surface area contributed by atoms with Crippen LogP contribution in [0, 0.1) is 0 Å². The number of aromatic nitrogens is 12. The number of nitrogens with two attached hydrogens (primary N) is 3. The number of aliphatic hydroxyl groups excluding tert-OH is 2. The van der Waals surface area contributed by atoms with Gasteiger partial charge in [-0.3, -0.25) is 23.5 Å². The third-order valence-electron chi connectivity index (χ3n) is 10.2. The van der Waals surface area contributed by atoms with Gasteiger partial charge in [0.1, 0.15) is 60.7 Å². The molecule has 326 valence electrons. The summed E-state index contributed by atoms with van der Waals surface area (Å²) in [6.07, 6.45) is -1.40. The maximum absolute atomic E-state index is 12.3. The van der Waals surface area contributed by atoms with Crippen LogP contribution in [0.2, 0.25) is 0 Å². The topological polar surface area (TPSA) is 374 Å². The van der Waals surface area contributed by atoms with Gasteiger partial charge in [0, 0.05) is 19.3 Å². The highest BCUT2D eigenvalue weighted by Gasteiger charge is 2.45. The van der Waals surface area contributed by atoms with Gasteiger partial charge in [0.05, 0.1) is 57.1 Å². The Kier molecular flexibility index (Phi) is 11.3. The van der Waals surface area contributed by atoms with E-state index in [4.69, 9.17) is 73.1 Å². The van der Waals surface area contributed by atoms with Crippen LogP contribution in [-0.2, 0) is 55.9 Å². The minimum absolute atomic E-state index is 0.0295. The van der Waals surface area contributed by atoms with Crippen LogP contribution < -0.4 is 22.8 Å². The van der Waals surface area contributed by atoms with E-state index in [0.29, 0.717) is 22.3 Å². The third kappa shape index (κ3) is 8.35. The van der Waals surface area contributed by atoms with Gasteiger partial charge in [0.25, 0.3) is 5.56 Å². The summed E-state index contributed by atoms with van der Waals surface area (Å²) in [4.78, 5) is 70.5. The maximum Gasteiger partial charge on any atom is 0.324 e. The average molecular weight is 926 g/mol. The number of H-pyrrole nitrogens is 1. The van der Waals surface area contributed by atoms with Crippen LogP contribution in [0.1, 0.15) is 37.9 Å². The van der Waals surface area contributed by atoms with Crippen LogP contribution in [0.5, 0.6) is 0 Å². The lowest BCUT2D eigenvalue weighted by Gasteiger charge is -2.27. The molecule has 3 aliphatic heterocycles.